The molecule has 0 saturated carbocycles. The highest BCUT2D eigenvalue weighted by Gasteiger charge is 2.21. The standard InChI is InChI=1S/C15H25NO3S/c1-5-12(2)10-20(17,18)11-15(16-3)13-6-8-14(19-4)9-7-13/h6-9,12,15-16H,5,10-11H2,1-4H3. The zero-order chi connectivity index (χ0) is 15.2. The Morgan fingerprint density at radius 2 is 1.80 bits per heavy atom. The van der Waals surface area contributed by atoms with E-state index in [0.717, 1.165) is 17.7 Å². The van der Waals surface area contributed by atoms with Gasteiger partial charge in [0.25, 0.3) is 0 Å². The first-order valence-corrected chi connectivity index (χ1v) is 8.75. The lowest BCUT2D eigenvalue weighted by molar-refractivity contribution is 0.414. The van der Waals surface area contributed by atoms with Gasteiger partial charge in [-0.25, -0.2) is 8.42 Å². The fraction of sp³-hybridized carbons (Fsp3) is 0.600. The third kappa shape index (κ3) is 5.13. The number of sulfone groups is 1. The number of rotatable bonds is 8. The molecule has 0 amide bonds. The highest BCUT2D eigenvalue weighted by atomic mass is 32.2. The molecular weight excluding hydrogens is 274 g/mol. The van der Waals surface area contributed by atoms with Gasteiger partial charge in [-0.2, -0.15) is 0 Å². The molecule has 0 bridgehead atoms. The lowest BCUT2D eigenvalue weighted by atomic mass is 10.1. The molecule has 1 aromatic carbocycles. The Labute approximate surface area is 122 Å². The van der Waals surface area contributed by atoms with E-state index in [-0.39, 0.29) is 23.5 Å². The summed E-state index contributed by atoms with van der Waals surface area (Å²) in [7, 11) is 0.336. The normalized spacial score (nSPS) is 14.8. The first-order chi connectivity index (χ1) is 9.41. The lowest BCUT2D eigenvalue weighted by Crippen LogP contribution is -2.28. The predicted molar refractivity (Wildman–Crippen MR) is 82.9 cm³/mol. The molecule has 0 saturated heterocycles. The van der Waals surface area contributed by atoms with Crippen LogP contribution in [0.1, 0.15) is 31.9 Å². The summed E-state index contributed by atoms with van der Waals surface area (Å²) in [6, 6.07) is 7.31. The van der Waals surface area contributed by atoms with E-state index in [9.17, 15) is 8.42 Å². The summed E-state index contributed by atoms with van der Waals surface area (Å²) >= 11 is 0. The van der Waals surface area contributed by atoms with Gasteiger partial charge in [0.1, 0.15) is 5.75 Å². The summed E-state index contributed by atoms with van der Waals surface area (Å²) in [5.74, 6) is 1.34. The minimum absolute atomic E-state index is 0.125. The van der Waals surface area contributed by atoms with Gasteiger partial charge in [-0.15, -0.1) is 0 Å². The number of ether oxygens (including phenoxy) is 1. The van der Waals surface area contributed by atoms with E-state index in [0.29, 0.717) is 0 Å². The zero-order valence-corrected chi connectivity index (χ0v) is 13.5. The Kier molecular flexibility index (Phi) is 6.49. The van der Waals surface area contributed by atoms with E-state index in [4.69, 9.17) is 4.74 Å². The van der Waals surface area contributed by atoms with Crippen molar-refractivity contribution in [2.24, 2.45) is 5.92 Å². The summed E-state index contributed by atoms with van der Waals surface area (Å²) in [5.41, 5.74) is 0.959. The van der Waals surface area contributed by atoms with E-state index in [2.05, 4.69) is 5.32 Å². The molecule has 0 aromatic heterocycles. The number of hydrogen-bond acceptors (Lipinski definition) is 4. The van der Waals surface area contributed by atoms with Gasteiger partial charge < -0.3 is 10.1 Å². The van der Waals surface area contributed by atoms with Crippen LogP contribution in [0.4, 0.5) is 0 Å². The monoisotopic (exact) mass is 299 g/mol. The summed E-state index contributed by atoms with van der Waals surface area (Å²) in [6.45, 7) is 3.98. The molecule has 5 heteroatoms. The van der Waals surface area contributed by atoms with E-state index in [1.54, 1.807) is 14.2 Å². The molecule has 0 spiro atoms. The predicted octanol–water partition coefficient (Wildman–Crippen LogP) is 2.42. The van der Waals surface area contributed by atoms with Crippen LogP contribution >= 0.6 is 0 Å². The topological polar surface area (TPSA) is 55.4 Å². The van der Waals surface area contributed by atoms with Crippen LogP contribution in [-0.4, -0.2) is 34.1 Å². The van der Waals surface area contributed by atoms with Crippen LogP contribution < -0.4 is 10.1 Å². The van der Waals surface area contributed by atoms with Crippen molar-refractivity contribution >= 4 is 9.84 Å². The number of nitrogens with one attached hydrogen (secondary N) is 1. The third-order valence-corrected chi connectivity index (χ3v) is 5.44. The van der Waals surface area contributed by atoms with Crippen molar-refractivity contribution in [2.75, 3.05) is 25.7 Å². The van der Waals surface area contributed by atoms with Gasteiger partial charge in [-0.1, -0.05) is 32.4 Å². The fourth-order valence-corrected chi connectivity index (χ4v) is 4.16. The molecule has 4 nitrogen and oxygen atoms in total. The maximum atomic E-state index is 12.2. The van der Waals surface area contributed by atoms with Crippen molar-refractivity contribution in [3.05, 3.63) is 29.8 Å². The first-order valence-electron chi connectivity index (χ1n) is 6.93. The van der Waals surface area contributed by atoms with E-state index >= 15 is 0 Å². The molecule has 0 aliphatic carbocycles. The minimum atomic E-state index is -3.06. The van der Waals surface area contributed by atoms with Gasteiger partial charge in [0.15, 0.2) is 9.84 Å². The molecule has 1 rings (SSSR count). The molecule has 0 radical (unpaired) electrons. The van der Waals surface area contributed by atoms with Gasteiger partial charge in [0.05, 0.1) is 18.6 Å². The van der Waals surface area contributed by atoms with E-state index in [1.165, 1.54) is 0 Å². The minimum Gasteiger partial charge on any atom is -0.497 e. The largest absolute Gasteiger partial charge is 0.497 e. The Bertz CT molecular complexity index is 496. The second kappa shape index (κ2) is 7.64. The van der Waals surface area contributed by atoms with Gasteiger partial charge in [0.2, 0.25) is 0 Å². The molecule has 0 aliphatic rings. The SMILES string of the molecule is CCC(C)CS(=O)(=O)CC(NC)c1ccc(OC)cc1. The van der Waals surface area contributed by atoms with Crippen LogP contribution in [-0.2, 0) is 9.84 Å². The van der Waals surface area contributed by atoms with Crippen molar-refractivity contribution in [3.63, 3.8) is 0 Å². The average molecular weight is 299 g/mol. The Balaban J connectivity index is 2.80. The molecule has 0 fully saturated rings. The van der Waals surface area contributed by atoms with Crippen molar-refractivity contribution in [1.29, 1.82) is 0 Å². The van der Waals surface area contributed by atoms with Crippen molar-refractivity contribution in [2.45, 2.75) is 26.3 Å². The van der Waals surface area contributed by atoms with E-state index in [1.807, 2.05) is 38.1 Å². The second-order valence-electron chi connectivity index (χ2n) is 5.20. The van der Waals surface area contributed by atoms with Crippen molar-refractivity contribution < 1.29 is 13.2 Å². The second-order valence-corrected chi connectivity index (χ2v) is 7.36. The van der Waals surface area contributed by atoms with Gasteiger partial charge in [0, 0.05) is 6.04 Å². The zero-order valence-electron chi connectivity index (χ0n) is 12.7. The summed E-state index contributed by atoms with van der Waals surface area (Å²) in [4.78, 5) is 0. The highest BCUT2D eigenvalue weighted by molar-refractivity contribution is 7.91. The molecular formula is C15H25NO3S. The van der Waals surface area contributed by atoms with Gasteiger partial charge in [-0.3, -0.25) is 0 Å². The third-order valence-electron chi connectivity index (χ3n) is 3.52. The van der Waals surface area contributed by atoms with Crippen LogP contribution in [0.2, 0.25) is 0 Å². The smallest absolute Gasteiger partial charge is 0.152 e. The maximum absolute atomic E-state index is 12.2. The Morgan fingerprint density at radius 1 is 1.20 bits per heavy atom. The average Bonchev–Trinajstić information content (AvgIpc) is 2.44. The maximum Gasteiger partial charge on any atom is 0.152 e. The van der Waals surface area contributed by atoms with Gasteiger partial charge in [-0.05, 0) is 30.7 Å². The number of methoxy groups -OCH3 is 1. The molecule has 114 valence electrons. The molecule has 2 unspecified atom stereocenters. The summed E-state index contributed by atoms with van der Waals surface area (Å²) in [6.07, 6.45) is 0.881. The van der Waals surface area contributed by atoms with Crippen molar-refractivity contribution in [1.82, 2.24) is 5.32 Å². The van der Waals surface area contributed by atoms with Crippen LogP contribution in [0.25, 0.3) is 0 Å². The van der Waals surface area contributed by atoms with E-state index < -0.39 is 9.84 Å². The molecule has 0 heterocycles. The molecule has 1 N–H and O–H groups in total. The highest BCUT2D eigenvalue weighted by Crippen LogP contribution is 2.20. The van der Waals surface area contributed by atoms with Crippen LogP contribution in [0.15, 0.2) is 24.3 Å². The first kappa shape index (κ1) is 17.0. The Morgan fingerprint density at radius 3 is 2.25 bits per heavy atom. The van der Waals surface area contributed by atoms with Crippen LogP contribution in [0.3, 0.4) is 0 Å². The summed E-state index contributed by atoms with van der Waals surface area (Å²) in [5, 5.41) is 3.08. The van der Waals surface area contributed by atoms with Crippen LogP contribution in [0, 0.1) is 5.92 Å². The Hall–Kier alpha value is -1.07. The number of benzene rings is 1. The quantitative estimate of drug-likeness (QED) is 0.801. The molecule has 20 heavy (non-hydrogen) atoms. The molecule has 2 atom stereocenters. The summed E-state index contributed by atoms with van der Waals surface area (Å²) < 4.78 is 29.5. The lowest BCUT2D eigenvalue weighted by Gasteiger charge is -2.18. The van der Waals surface area contributed by atoms with Crippen LogP contribution in [0.5, 0.6) is 5.75 Å². The van der Waals surface area contributed by atoms with Gasteiger partial charge >= 0.3 is 0 Å². The van der Waals surface area contributed by atoms with Crippen molar-refractivity contribution in [3.8, 4) is 5.75 Å². The number of hydrogen-bond donors (Lipinski definition) is 1. The fourth-order valence-electron chi connectivity index (χ4n) is 2.06. The molecule has 1 aromatic rings. The molecule has 0 aliphatic heterocycles.